The van der Waals surface area contributed by atoms with Gasteiger partial charge in [0.05, 0.1) is 0 Å². The fourth-order valence-electron chi connectivity index (χ4n) is 1.77. The SMILES string of the molecule is CC(C)(CCCc1ccc(O)c(O)c1)OC(N)=O. The molecule has 0 aliphatic heterocycles. The van der Waals surface area contributed by atoms with Gasteiger partial charge in [-0.3, -0.25) is 0 Å². The minimum Gasteiger partial charge on any atom is -0.504 e. The highest BCUT2D eigenvalue weighted by Crippen LogP contribution is 2.26. The predicted octanol–water partition coefficient (Wildman–Crippen LogP) is 2.29. The quantitative estimate of drug-likeness (QED) is 0.702. The first kappa shape index (κ1) is 14.2. The normalized spacial score (nSPS) is 11.2. The molecule has 0 radical (unpaired) electrons. The molecule has 100 valence electrons. The number of phenols is 2. The van der Waals surface area contributed by atoms with Crippen LogP contribution in [-0.2, 0) is 11.2 Å². The van der Waals surface area contributed by atoms with E-state index in [9.17, 15) is 15.0 Å². The molecule has 5 heteroatoms. The van der Waals surface area contributed by atoms with Crippen molar-refractivity contribution in [2.75, 3.05) is 0 Å². The molecule has 4 N–H and O–H groups in total. The first-order valence-electron chi connectivity index (χ1n) is 5.79. The minimum absolute atomic E-state index is 0.125. The summed E-state index contributed by atoms with van der Waals surface area (Å²) in [6, 6.07) is 4.73. The Morgan fingerprint density at radius 2 is 2.00 bits per heavy atom. The van der Waals surface area contributed by atoms with Gasteiger partial charge in [0, 0.05) is 0 Å². The van der Waals surface area contributed by atoms with E-state index in [2.05, 4.69) is 0 Å². The van der Waals surface area contributed by atoms with Gasteiger partial charge in [-0.25, -0.2) is 4.79 Å². The zero-order valence-corrected chi connectivity index (χ0v) is 10.6. The number of phenolic OH excluding ortho intramolecular Hbond substituents is 2. The van der Waals surface area contributed by atoms with Crippen LogP contribution in [0.3, 0.4) is 0 Å². The fourth-order valence-corrected chi connectivity index (χ4v) is 1.77. The van der Waals surface area contributed by atoms with E-state index in [1.807, 2.05) is 0 Å². The van der Waals surface area contributed by atoms with Gasteiger partial charge in [-0.15, -0.1) is 0 Å². The van der Waals surface area contributed by atoms with E-state index < -0.39 is 11.7 Å². The molecule has 0 spiro atoms. The van der Waals surface area contributed by atoms with E-state index in [1.165, 1.54) is 12.1 Å². The van der Waals surface area contributed by atoms with Gasteiger partial charge < -0.3 is 20.7 Å². The number of hydrogen-bond donors (Lipinski definition) is 3. The number of benzene rings is 1. The molecule has 0 aliphatic rings. The molecule has 1 rings (SSSR count). The van der Waals surface area contributed by atoms with Crippen molar-refractivity contribution in [2.45, 2.75) is 38.7 Å². The Kier molecular flexibility index (Phi) is 4.42. The summed E-state index contributed by atoms with van der Waals surface area (Å²) in [7, 11) is 0. The van der Waals surface area contributed by atoms with Crippen LogP contribution in [0.4, 0.5) is 4.79 Å². The maximum Gasteiger partial charge on any atom is 0.405 e. The average Bonchev–Trinajstić information content (AvgIpc) is 2.21. The number of nitrogens with two attached hydrogens (primary N) is 1. The van der Waals surface area contributed by atoms with Crippen LogP contribution < -0.4 is 5.73 Å². The lowest BCUT2D eigenvalue weighted by molar-refractivity contribution is 0.0378. The maximum absolute atomic E-state index is 10.7. The molecule has 0 aliphatic carbocycles. The van der Waals surface area contributed by atoms with Gasteiger partial charge in [-0.05, 0) is 50.8 Å². The lowest BCUT2D eigenvalue weighted by atomic mass is 9.98. The van der Waals surface area contributed by atoms with E-state index >= 15 is 0 Å². The second kappa shape index (κ2) is 5.62. The summed E-state index contributed by atoms with van der Waals surface area (Å²) in [6.45, 7) is 3.60. The molecule has 0 atom stereocenters. The molecule has 0 fully saturated rings. The van der Waals surface area contributed by atoms with Crippen molar-refractivity contribution in [2.24, 2.45) is 5.73 Å². The number of hydrogen-bond acceptors (Lipinski definition) is 4. The molecule has 5 nitrogen and oxygen atoms in total. The minimum atomic E-state index is -0.776. The lowest BCUT2D eigenvalue weighted by Gasteiger charge is -2.23. The highest BCUT2D eigenvalue weighted by atomic mass is 16.6. The largest absolute Gasteiger partial charge is 0.504 e. The zero-order chi connectivity index (χ0) is 13.8. The number of carbonyl (C=O) groups is 1. The second-order valence-electron chi connectivity index (χ2n) is 4.86. The molecule has 0 unspecified atom stereocenters. The molecule has 1 amide bonds. The first-order valence-corrected chi connectivity index (χ1v) is 5.79. The molecule has 0 saturated heterocycles. The standard InChI is InChI=1S/C13H19NO4/c1-13(2,18-12(14)17)7-3-4-9-5-6-10(15)11(16)8-9/h5-6,8,15-16H,3-4,7H2,1-2H3,(H2,14,17). The van der Waals surface area contributed by atoms with Crippen LogP contribution >= 0.6 is 0 Å². The van der Waals surface area contributed by atoms with Gasteiger partial charge in [0.15, 0.2) is 11.5 Å². The molecule has 0 aromatic heterocycles. The Labute approximate surface area is 106 Å². The number of aromatic hydroxyl groups is 2. The third-order valence-electron chi connectivity index (χ3n) is 2.66. The van der Waals surface area contributed by atoms with Crippen LogP contribution in [0.5, 0.6) is 11.5 Å². The van der Waals surface area contributed by atoms with Crippen LogP contribution in [0, 0.1) is 0 Å². The zero-order valence-electron chi connectivity index (χ0n) is 10.6. The summed E-state index contributed by atoms with van der Waals surface area (Å²) in [5, 5.41) is 18.5. The molecule has 0 heterocycles. The van der Waals surface area contributed by atoms with Crippen LogP contribution in [-0.4, -0.2) is 21.9 Å². The summed E-state index contributed by atoms with van der Waals surface area (Å²) >= 11 is 0. The van der Waals surface area contributed by atoms with Crippen LogP contribution in [0.25, 0.3) is 0 Å². The third kappa shape index (κ3) is 4.53. The number of aryl methyl sites for hydroxylation is 1. The monoisotopic (exact) mass is 253 g/mol. The molecular formula is C13H19NO4. The Morgan fingerprint density at radius 3 is 2.56 bits per heavy atom. The van der Waals surface area contributed by atoms with Crippen molar-refractivity contribution >= 4 is 6.09 Å². The molecule has 0 saturated carbocycles. The summed E-state index contributed by atoms with van der Waals surface area (Å²) in [4.78, 5) is 10.7. The van der Waals surface area contributed by atoms with E-state index in [0.29, 0.717) is 6.42 Å². The molecule has 1 aromatic rings. The van der Waals surface area contributed by atoms with E-state index in [0.717, 1.165) is 18.4 Å². The van der Waals surface area contributed by atoms with E-state index in [1.54, 1.807) is 19.9 Å². The van der Waals surface area contributed by atoms with Crippen LogP contribution in [0.1, 0.15) is 32.3 Å². The maximum atomic E-state index is 10.7. The number of carbonyl (C=O) groups excluding carboxylic acids is 1. The van der Waals surface area contributed by atoms with Crippen molar-refractivity contribution < 1.29 is 19.7 Å². The van der Waals surface area contributed by atoms with Gasteiger partial charge in [0.25, 0.3) is 0 Å². The molecular weight excluding hydrogens is 234 g/mol. The van der Waals surface area contributed by atoms with Gasteiger partial charge in [-0.1, -0.05) is 6.07 Å². The number of ether oxygens (including phenoxy) is 1. The van der Waals surface area contributed by atoms with Crippen LogP contribution in [0.15, 0.2) is 18.2 Å². The van der Waals surface area contributed by atoms with E-state index in [-0.39, 0.29) is 11.5 Å². The Bertz CT molecular complexity index is 429. The summed E-state index contributed by atoms with van der Waals surface area (Å²) in [6.07, 6.45) is 1.39. The average molecular weight is 253 g/mol. The van der Waals surface area contributed by atoms with Crippen LogP contribution in [0.2, 0.25) is 0 Å². The van der Waals surface area contributed by atoms with Crippen molar-refractivity contribution in [3.63, 3.8) is 0 Å². The topological polar surface area (TPSA) is 92.8 Å². The Hall–Kier alpha value is -1.91. The summed E-state index contributed by atoms with van der Waals surface area (Å²) in [5.74, 6) is -0.253. The third-order valence-corrected chi connectivity index (χ3v) is 2.66. The van der Waals surface area contributed by atoms with Crippen molar-refractivity contribution in [3.8, 4) is 11.5 Å². The number of rotatable bonds is 5. The highest BCUT2D eigenvalue weighted by Gasteiger charge is 2.20. The lowest BCUT2D eigenvalue weighted by Crippen LogP contribution is -2.31. The number of amides is 1. The summed E-state index contributed by atoms with van der Waals surface area (Å²) in [5.41, 5.74) is 5.30. The van der Waals surface area contributed by atoms with E-state index in [4.69, 9.17) is 10.5 Å². The van der Waals surface area contributed by atoms with Gasteiger partial charge in [-0.2, -0.15) is 0 Å². The van der Waals surface area contributed by atoms with Gasteiger partial charge in [0.2, 0.25) is 0 Å². The molecule has 1 aromatic carbocycles. The predicted molar refractivity (Wildman–Crippen MR) is 67.5 cm³/mol. The van der Waals surface area contributed by atoms with Gasteiger partial charge >= 0.3 is 6.09 Å². The van der Waals surface area contributed by atoms with Gasteiger partial charge in [0.1, 0.15) is 5.60 Å². The Balaban J connectivity index is 2.46. The first-order chi connectivity index (χ1) is 8.30. The van der Waals surface area contributed by atoms with Crippen molar-refractivity contribution in [1.29, 1.82) is 0 Å². The Morgan fingerprint density at radius 1 is 1.33 bits per heavy atom. The van der Waals surface area contributed by atoms with Crippen molar-refractivity contribution in [1.82, 2.24) is 0 Å². The molecule has 18 heavy (non-hydrogen) atoms. The summed E-state index contributed by atoms with van der Waals surface area (Å²) < 4.78 is 4.97. The number of primary amides is 1. The fraction of sp³-hybridized carbons (Fsp3) is 0.462. The second-order valence-corrected chi connectivity index (χ2v) is 4.86. The highest BCUT2D eigenvalue weighted by molar-refractivity contribution is 5.65. The van der Waals surface area contributed by atoms with Crippen molar-refractivity contribution in [3.05, 3.63) is 23.8 Å². The smallest absolute Gasteiger partial charge is 0.405 e. The molecule has 0 bridgehead atoms.